The van der Waals surface area contributed by atoms with E-state index in [1.807, 2.05) is 0 Å². The third-order valence-electron chi connectivity index (χ3n) is 3.48. The number of carbonyl (C=O) groups excluding carboxylic acids is 2. The fourth-order valence-electron chi connectivity index (χ4n) is 2.43. The van der Waals surface area contributed by atoms with Crippen LogP contribution in [0.15, 0.2) is 18.2 Å². The van der Waals surface area contributed by atoms with Crippen molar-refractivity contribution in [2.24, 2.45) is 0 Å². The monoisotopic (exact) mass is 336 g/mol. The van der Waals surface area contributed by atoms with E-state index in [0.29, 0.717) is 12.2 Å². The Morgan fingerprint density at radius 1 is 0.958 bits per heavy atom. The van der Waals surface area contributed by atoms with Crippen LogP contribution in [0.2, 0.25) is 0 Å². The van der Waals surface area contributed by atoms with Gasteiger partial charge in [-0.1, -0.05) is 13.8 Å². The lowest BCUT2D eigenvalue weighted by Gasteiger charge is -2.20. The number of carbonyl (C=O) groups is 2. The molecule has 0 saturated carbocycles. The fourth-order valence-corrected chi connectivity index (χ4v) is 2.43. The molecule has 6 heteroatoms. The van der Waals surface area contributed by atoms with Crippen LogP contribution in [0.1, 0.15) is 54.3 Å². The maximum Gasteiger partial charge on any atom is 0.339 e. The number of esters is 2. The molecule has 0 aliphatic heterocycles. The van der Waals surface area contributed by atoms with Crippen LogP contribution in [0.5, 0.6) is 0 Å². The molecule has 0 radical (unpaired) electrons. The molecule has 0 aliphatic rings. The molecule has 2 N–H and O–H groups in total. The zero-order valence-electron chi connectivity index (χ0n) is 14.8. The van der Waals surface area contributed by atoms with Gasteiger partial charge in [-0.05, 0) is 51.1 Å². The Labute approximate surface area is 143 Å². The van der Waals surface area contributed by atoms with Crippen molar-refractivity contribution in [2.75, 3.05) is 38.6 Å². The number of rotatable bonds is 10. The van der Waals surface area contributed by atoms with Crippen LogP contribution in [-0.4, -0.2) is 49.7 Å². The summed E-state index contributed by atoms with van der Waals surface area (Å²) in [5.41, 5.74) is 6.44. The summed E-state index contributed by atoms with van der Waals surface area (Å²) in [7, 11) is 0. The van der Waals surface area contributed by atoms with E-state index in [2.05, 4.69) is 18.7 Å². The van der Waals surface area contributed by atoms with E-state index >= 15 is 0 Å². The summed E-state index contributed by atoms with van der Waals surface area (Å²) < 4.78 is 10.3. The second kappa shape index (κ2) is 10.6. The van der Waals surface area contributed by atoms with Gasteiger partial charge < -0.3 is 15.2 Å². The van der Waals surface area contributed by atoms with Crippen LogP contribution in [0.3, 0.4) is 0 Å². The molecule has 0 fully saturated rings. The van der Waals surface area contributed by atoms with Gasteiger partial charge in [-0.15, -0.1) is 0 Å². The molecule has 1 aromatic carbocycles. The van der Waals surface area contributed by atoms with E-state index in [4.69, 9.17) is 15.2 Å². The summed E-state index contributed by atoms with van der Waals surface area (Å²) in [5, 5.41) is 0. The number of nitrogens with two attached hydrogens (primary N) is 1. The van der Waals surface area contributed by atoms with Crippen molar-refractivity contribution in [1.29, 1.82) is 0 Å². The number of anilines is 1. The van der Waals surface area contributed by atoms with E-state index in [1.54, 1.807) is 13.0 Å². The van der Waals surface area contributed by atoms with Crippen LogP contribution in [0, 0.1) is 0 Å². The van der Waals surface area contributed by atoms with E-state index in [9.17, 15) is 9.59 Å². The van der Waals surface area contributed by atoms with Crippen LogP contribution in [-0.2, 0) is 9.47 Å². The minimum absolute atomic E-state index is 0.144. The SMILES string of the molecule is CCCN(CCC)CCOC(=O)c1cc(N)ccc1C(=O)OCC. The van der Waals surface area contributed by atoms with Gasteiger partial charge in [0.1, 0.15) is 6.61 Å². The van der Waals surface area contributed by atoms with Crippen molar-refractivity contribution in [3.05, 3.63) is 29.3 Å². The molecule has 24 heavy (non-hydrogen) atoms. The summed E-state index contributed by atoms with van der Waals surface area (Å²) in [6.45, 7) is 9.07. The quantitative estimate of drug-likeness (QED) is 0.522. The predicted molar refractivity (Wildman–Crippen MR) is 94.1 cm³/mol. The van der Waals surface area contributed by atoms with Crippen molar-refractivity contribution in [1.82, 2.24) is 4.90 Å². The Balaban J connectivity index is 2.73. The number of nitrogens with zero attached hydrogens (tertiary/aromatic N) is 1. The minimum atomic E-state index is -0.557. The predicted octanol–water partition coefficient (Wildman–Crippen LogP) is 2.72. The van der Waals surface area contributed by atoms with Gasteiger partial charge in [0.15, 0.2) is 0 Å². The lowest BCUT2D eigenvalue weighted by molar-refractivity contribution is 0.0437. The molecule has 6 nitrogen and oxygen atoms in total. The highest BCUT2D eigenvalue weighted by atomic mass is 16.5. The van der Waals surface area contributed by atoms with Gasteiger partial charge in [0.25, 0.3) is 0 Å². The van der Waals surface area contributed by atoms with Gasteiger partial charge in [0.05, 0.1) is 17.7 Å². The first kappa shape index (κ1) is 20.0. The molecule has 0 spiro atoms. The Hall–Kier alpha value is -2.08. The molecule has 1 rings (SSSR count). The standard InChI is InChI=1S/C18H28N2O4/c1-4-9-20(10-5-2)11-12-24-18(22)16-13-14(19)7-8-15(16)17(21)23-6-3/h7-8,13H,4-6,9-12,19H2,1-3H3. The lowest BCUT2D eigenvalue weighted by Crippen LogP contribution is -2.30. The number of nitrogen functional groups attached to an aromatic ring is 1. The number of ether oxygens (including phenoxy) is 2. The van der Waals surface area contributed by atoms with Crippen molar-refractivity contribution < 1.29 is 19.1 Å². The third-order valence-corrected chi connectivity index (χ3v) is 3.48. The molecule has 0 amide bonds. The highest BCUT2D eigenvalue weighted by Gasteiger charge is 2.20. The van der Waals surface area contributed by atoms with Gasteiger partial charge in [-0.25, -0.2) is 9.59 Å². The van der Waals surface area contributed by atoms with Gasteiger partial charge in [-0.3, -0.25) is 4.90 Å². The van der Waals surface area contributed by atoms with Crippen LogP contribution >= 0.6 is 0 Å². The molecular formula is C18H28N2O4. The Morgan fingerprint density at radius 3 is 2.17 bits per heavy atom. The fraction of sp³-hybridized carbons (Fsp3) is 0.556. The second-order valence-corrected chi connectivity index (χ2v) is 5.50. The van der Waals surface area contributed by atoms with Crippen molar-refractivity contribution in [3.8, 4) is 0 Å². The summed E-state index contributed by atoms with van der Waals surface area (Å²) >= 11 is 0. The molecule has 1 aromatic rings. The number of benzene rings is 1. The zero-order valence-corrected chi connectivity index (χ0v) is 14.8. The topological polar surface area (TPSA) is 81.9 Å². The first-order valence-corrected chi connectivity index (χ1v) is 8.49. The highest BCUT2D eigenvalue weighted by Crippen LogP contribution is 2.16. The summed E-state index contributed by atoms with van der Waals surface area (Å²) in [6, 6.07) is 4.50. The molecule has 0 aromatic heterocycles. The van der Waals surface area contributed by atoms with E-state index < -0.39 is 11.9 Å². The maximum atomic E-state index is 12.3. The van der Waals surface area contributed by atoms with E-state index in [1.165, 1.54) is 12.1 Å². The molecular weight excluding hydrogens is 308 g/mol. The first-order chi connectivity index (χ1) is 11.5. The largest absolute Gasteiger partial charge is 0.462 e. The summed E-state index contributed by atoms with van der Waals surface area (Å²) in [6.07, 6.45) is 2.10. The minimum Gasteiger partial charge on any atom is -0.462 e. The first-order valence-electron chi connectivity index (χ1n) is 8.49. The summed E-state index contributed by atoms with van der Waals surface area (Å²) in [5.74, 6) is -1.11. The average Bonchev–Trinajstić information content (AvgIpc) is 2.55. The van der Waals surface area contributed by atoms with E-state index in [0.717, 1.165) is 25.9 Å². The molecule has 0 heterocycles. The molecule has 0 aliphatic carbocycles. The van der Waals surface area contributed by atoms with Gasteiger partial charge in [0, 0.05) is 12.2 Å². The third kappa shape index (κ3) is 6.20. The van der Waals surface area contributed by atoms with Crippen LogP contribution in [0.4, 0.5) is 5.69 Å². The van der Waals surface area contributed by atoms with Crippen molar-refractivity contribution in [2.45, 2.75) is 33.6 Å². The Kier molecular flexibility index (Phi) is 8.86. The molecule has 0 unspecified atom stereocenters. The number of hydrogen-bond donors (Lipinski definition) is 1. The van der Waals surface area contributed by atoms with Crippen LogP contribution < -0.4 is 5.73 Å². The maximum absolute atomic E-state index is 12.3. The highest BCUT2D eigenvalue weighted by molar-refractivity contribution is 6.03. The van der Waals surface area contributed by atoms with Gasteiger partial charge in [0.2, 0.25) is 0 Å². The second-order valence-electron chi connectivity index (χ2n) is 5.50. The molecule has 0 atom stereocenters. The average molecular weight is 336 g/mol. The lowest BCUT2D eigenvalue weighted by atomic mass is 10.1. The van der Waals surface area contributed by atoms with Gasteiger partial charge in [-0.2, -0.15) is 0 Å². The smallest absolute Gasteiger partial charge is 0.339 e. The van der Waals surface area contributed by atoms with Crippen LogP contribution in [0.25, 0.3) is 0 Å². The summed E-state index contributed by atoms with van der Waals surface area (Å²) in [4.78, 5) is 26.5. The van der Waals surface area contributed by atoms with Crippen molar-refractivity contribution >= 4 is 17.6 Å². The zero-order chi connectivity index (χ0) is 17.9. The normalized spacial score (nSPS) is 10.7. The van der Waals surface area contributed by atoms with Gasteiger partial charge >= 0.3 is 11.9 Å². The number of hydrogen-bond acceptors (Lipinski definition) is 6. The molecule has 0 saturated heterocycles. The van der Waals surface area contributed by atoms with Crippen molar-refractivity contribution in [3.63, 3.8) is 0 Å². The molecule has 0 bridgehead atoms. The Bertz CT molecular complexity index is 540. The van der Waals surface area contributed by atoms with E-state index in [-0.39, 0.29) is 24.3 Å². The Morgan fingerprint density at radius 2 is 1.58 bits per heavy atom. The molecule has 134 valence electrons.